The first-order valence-electron chi connectivity index (χ1n) is 5.90. The van der Waals surface area contributed by atoms with Crippen LogP contribution in [0, 0.1) is 0 Å². The van der Waals surface area contributed by atoms with E-state index in [1.807, 2.05) is 6.92 Å². The molecule has 0 aromatic rings. The van der Waals surface area contributed by atoms with Crippen LogP contribution in [0.5, 0.6) is 0 Å². The molecule has 0 aliphatic carbocycles. The molecule has 1 heterocycles. The summed E-state index contributed by atoms with van der Waals surface area (Å²) in [6.45, 7) is 13.2. The second kappa shape index (κ2) is 5.96. The quantitative estimate of drug-likeness (QED) is 0.530. The molecule has 17 heavy (non-hydrogen) atoms. The SMILES string of the molecule is C=CCC1=C(C)OC(OCC[Si](C)(C)C)=CO1. The van der Waals surface area contributed by atoms with E-state index in [0.29, 0.717) is 19.0 Å². The van der Waals surface area contributed by atoms with Crippen LogP contribution in [0.3, 0.4) is 0 Å². The lowest BCUT2D eigenvalue weighted by molar-refractivity contribution is 0.0418. The van der Waals surface area contributed by atoms with Crippen LogP contribution in [0.15, 0.2) is 36.4 Å². The molecule has 0 atom stereocenters. The topological polar surface area (TPSA) is 27.7 Å². The number of hydrogen-bond donors (Lipinski definition) is 0. The van der Waals surface area contributed by atoms with Gasteiger partial charge in [-0.2, -0.15) is 0 Å². The minimum absolute atomic E-state index is 0.452. The zero-order valence-corrected chi connectivity index (χ0v) is 12.2. The van der Waals surface area contributed by atoms with Gasteiger partial charge >= 0.3 is 5.95 Å². The fourth-order valence-electron chi connectivity index (χ4n) is 1.28. The molecule has 1 rings (SSSR count). The zero-order chi connectivity index (χ0) is 12.9. The monoisotopic (exact) mass is 254 g/mol. The minimum Gasteiger partial charge on any atom is -0.463 e. The van der Waals surface area contributed by atoms with Crippen molar-refractivity contribution in [3.63, 3.8) is 0 Å². The Balaban J connectivity index is 2.37. The van der Waals surface area contributed by atoms with Crippen LogP contribution in [0.25, 0.3) is 0 Å². The Kier molecular flexibility index (Phi) is 4.87. The number of hydrogen-bond acceptors (Lipinski definition) is 3. The van der Waals surface area contributed by atoms with Crippen molar-refractivity contribution in [2.45, 2.75) is 39.0 Å². The first-order chi connectivity index (χ1) is 7.92. The molecule has 1 aliphatic rings. The molecule has 3 nitrogen and oxygen atoms in total. The molecule has 0 aromatic carbocycles. The lowest BCUT2D eigenvalue weighted by atomic mass is 10.3. The van der Waals surface area contributed by atoms with Crippen LogP contribution >= 0.6 is 0 Å². The maximum atomic E-state index is 5.54. The van der Waals surface area contributed by atoms with E-state index in [2.05, 4.69) is 26.2 Å². The zero-order valence-electron chi connectivity index (χ0n) is 11.2. The smallest absolute Gasteiger partial charge is 0.321 e. The molecule has 0 saturated heterocycles. The van der Waals surface area contributed by atoms with Crippen molar-refractivity contribution in [3.8, 4) is 0 Å². The molecule has 0 radical (unpaired) electrons. The van der Waals surface area contributed by atoms with Gasteiger partial charge in [-0.25, -0.2) is 0 Å². The fourth-order valence-corrected chi connectivity index (χ4v) is 1.99. The van der Waals surface area contributed by atoms with Crippen molar-refractivity contribution in [3.05, 3.63) is 36.4 Å². The van der Waals surface area contributed by atoms with Crippen LogP contribution in [0.1, 0.15) is 13.3 Å². The molecule has 0 saturated carbocycles. The summed E-state index contributed by atoms with van der Waals surface area (Å²) in [5, 5.41) is 0. The van der Waals surface area contributed by atoms with Crippen molar-refractivity contribution < 1.29 is 14.2 Å². The molecule has 0 unspecified atom stereocenters. The van der Waals surface area contributed by atoms with Crippen LogP contribution in [-0.2, 0) is 14.2 Å². The van der Waals surface area contributed by atoms with E-state index in [1.54, 1.807) is 6.08 Å². The number of rotatable bonds is 6. The van der Waals surface area contributed by atoms with Crippen LogP contribution in [0.2, 0.25) is 25.7 Å². The summed E-state index contributed by atoms with van der Waals surface area (Å²) in [7, 11) is -1.06. The summed E-state index contributed by atoms with van der Waals surface area (Å²) < 4.78 is 16.5. The second-order valence-corrected chi connectivity index (χ2v) is 10.9. The lowest BCUT2D eigenvalue weighted by Crippen LogP contribution is -2.22. The third kappa shape index (κ3) is 5.13. The summed E-state index contributed by atoms with van der Waals surface area (Å²) in [5.41, 5.74) is 0. The minimum atomic E-state index is -1.06. The number of allylic oxidation sites excluding steroid dienone is 2. The normalized spacial score (nSPS) is 15.9. The molecule has 96 valence electrons. The fraction of sp³-hybridized carbons (Fsp3) is 0.538. The Morgan fingerprint density at radius 1 is 1.41 bits per heavy atom. The van der Waals surface area contributed by atoms with Gasteiger partial charge in [-0.3, -0.25) is 0 Å². The summed E-state index contributed by atoms with van der Waals surface area (Å²) in [6.07, 6.45) is 3.98. The largest absolute Gasteiger partial charge is 0.463 e. The summed E-state index contributed by atoms with van der Waals surface area (Å²) in [6, 6.07) is 1.11. The van der Waals surface area contributed by atoms with Gasteiger partial charge in [0.1, 0.15) is 11.5 Å². The molecule has 0 aromatic heterocycles. The first-order valence-corrected chi connectivity index (χ1v) is 9.61. The highest BCUT2D eigenvalue weighted by molar-refractivity contribution is 6.76. The van der Waals surface area contributed by atoms with Crippen molar-refractivity contribution in [1.29, 1.82) is 0 Å². The third-order valence-corrected chi connectivity index (χ3v) is 4.07. The predicted octanol–water partition coefficient (Wildman–Crippen LogP) is 3.99. The Bertz CT molecular complexity index is 337. The van der Waals surface area contributed by atoms with E-state index < -0.39 is 8.07 Å². The lowest BCUT2D eigenvalue weighted by Gasteiger charge is -2.20. The summed E-state index contributed by atoms with van der Waals surface area (Å²) in [5.74, 6) is 1.99. The maximum Gasteiger partial charge on any atom is 0.321 e. The first kappa shape index (κ1) is 13.9. The molecule has 0 fully saturated rings. The molecular formula is C13H22O3Si. The Hall–Kier alpha value is -1.16. The van der Waals surface area contributed by atoms with Gasteiger partial charge in [-0.15, -0.1) is 6.58 Å². The van der Waals surface area contributed by atoms with E-state index in [4.69, 9.17) is 14.2 Å². The molecule has 0 bridgehead atoms. The van der Waals surface area contributed by atoms with Gasteiger partial charge in [0.15, 0.2) is 6.26 Å². The molecular weight excluding hydrogens is 232 g/mol. The van der Waals surface area contributed by atoms with Gasteiger partial charge in [0.05, 0.1) is 6.61 Å². The van der Waals surface area contributed by atoms with Gasteiger partial charge < -0.3 is 14.2 Å². The van der Waals surface area contributed by atoms with E-state index in [9.17, 15) is 0 Å². The Labute approximate surface area is 105 Å². The van der Waals surface area contributed by atoms with E-state index in [0.717, 1.165) is 17.6 Å². The summed E-state index contributed by atoms with van der Waals surface area (Å²) >= 11 is 0. The van der Waals surface area contributed by atoms with E-state index in [-0.39, 0.29) is 0 Å². The van der Waals surface area contributed by atoms with Crippen LogP contribution in [-0.4, -0.2) is 14.7 Å². The molecule has 0 amide bonds. The van der Waals surface area contributed by atoms with Crippen LogP contribution < -0.4 is 0 Å². The van der Waals surface area contributed by atoms with Gasteiger partial charge in [0, 0.05) is 14.5 Å². The van der Waals surface area contributed by atoms with E-state index in [1.165, 1.54) is 6.26 Å². The second-order valence-electron chi connectivity index (χ2n) is 5.29. The number of ether oxygens (including phenoxy) is 3. The highest BCUT2D eigenvalue weighted by atomic mass is 28.3. The molecule has 0 N–H and O–H groups in total. The van der Waals surface area contributed by atoms with Gasteiger partial charge in [-0.05, 0) is 13.0 Å². The highest BCUT2D eigenvalue weighted by Gasteiger charge is 2.17. The van der Waals surface area contributed by atoms with Crippen molar-refractivity contribution in [1.82, 2.24) is 0 Å². The summed E-state index contributed by atoms with van der Waals surface area (Å²) in [4.78, 5) is 0. The van der Waals surface area contributed by atoms with Crippen molar-refractivity contribution >= 4 is 8.07 Å². The average molecular weight is 254 g/mol. The predicted molar refractivity (Wildman–Crippen MR) is 71.9 cm³/mol. The van der Waals surface area contributed by atoms with Crippen molar-refractivity contribution in [2.24, 2.45) is 0 Å². The highest BCUT2D eigenvalue weighted by Crippen LogP contribution is 2.22. The van der Waals surface area contributed by atoms with Gasteiger partial charge in [0.2, 0.25) is 0 Å². The Morgan fingerprint density at radius 3 is 2.65 bits per heavy atom. The van der Waals surface area contributed by atoms with E-state index >= 15 is 0 Å². The van der Waals surface area contributed by atoms with Gasteiger partial charge in [0.25, 0.3) is 0 Å². The third-order valence-electron chi connectivity index (χ3n) is 2.37. The molecule has 4 heteroatoms. The average Bonchev–Trinajstić information content (AvgIpc) is 2.20. The standard InChI is InChI=1S/C13H22O3Si/c1-6-7-12-11(2)16-13(10-15-12)14-8-9-17(3,4)5/h6,10H,1,7-9H2,2-5H3. The van der Waals surface area contributed by atoms with Gasteiger partial charge in [-0.1, -0.05) is 25.7 Å². The van der Waals surface area contributed by atoms with Crippen LogP contribution in [0.4, 0.5) is 0 Å². The molecule has 1 aliphatic heterocycles. The maximum absolute atomic E-state index is 5.54. The van der Waals surface area contributed by atoms with Crippen molar-refractivity contribution in [2.75, 3.05) is 6.61 Å². The Morgan fingerprint density at radius 2 is 2.12 bits per heavy atom. The molecule has 0 spiro atoms.